The Morgan fingerprint density at radius 2 is 2.07 bits per heavy atom. The van der Waals surface area contributed by atoms with Crippen molar-refractivity contribution in [1.82, 2.24) is 4.98 Å². The predicted molar refractivity (Wildman–Crippen MR) is 108 cm³/mol. The maximum Gasteiger partial charge on any atom is 0.340 e. The molecule has 1 aromatic carbocycles. The maximum absolute atomic E-state index is 12.5. The predicted octanol–water partition coefficient (Wildman–Crippen LogP) is 2.03. The first-order valence-corrected chi connectivity index (χ1v) is 9.31. The van der Waals surface area contributed by atoms with Gasteiger partial charge in [-0.3, -0.25) is 4.79 Å². The van der Waals surface area contributed by atoms with Crippen molar-refractivity contribution >= 4 is 29.2 Å². The second kappa shape index (κ2) is 8.50. The number of carbonyl (C=O) groups is 2. The van der Waals surface area contributed by atoms with Gasteiger partial charge in [0.15, 0.2) is 0 Å². The molecule has 2 heterocycles. The van der Waals surface area contributed by atoms with Crippen molar-refractivity contribution in [3.05, 3.63) is 46.3 Å². The normalized spacial score (nSPS) is 15.2. The highest BCUT2D eigenvalue weighted by Crippen LogP contribution is 2.36. The lowest BCUT2D eigenvalue weighted by molar-refractivity contribution is -0.110. The Morgan fingerprint density at radius 1 is 1.31 bits per heavy atom. The van der Waals surface area contributed by atoms with Crippen molar-refractivity contribution in [2.75, 3.05) is 25.1 Å². The van der Waals surface area contributed by atoms with Crippen molar-refractivity contribution in [1.29, 1.82) is 0 Å². The van der Waals surface area contributed by atoms with E-state index in [2.05, 4.69) is 10.3 Å². The zero-order chi connectivity index (χ0) is 21.1. The first kappa shape index (κ1) is 20.6. The van der Waals surface area contributed by atoms with Crippen LogP contribution in [-0.2, 0) is 9.53 Å². The van der Waals surface area contributed by atoms with Crippen molar-refractivity contribution in [2.24, 2.45) is 0 Å². The molecular weight excluding hydrogens is 376 g/mol. The van der Waals surface area contributed by atoms with Crippen LogP contribution in [0.1, 0.15) is 39.8 Å². The Hall–Kier alpha value is -3.10. The summed E-state index contributed by atoms with van der Waals surface area (Å²) in [4.78, 5) is 27.8. The topological polar surface area (TPSA) is 121 Å². The van der Waals surface area contributed by atoms with Gasteiger partial charge in [-0.2, -0.15) is 0 Å². The fraction of sp³-hybridized carbons (Fsp3) is 0.333. The highest BCUT2D eigenvalue weighted by Gasteiger charge is 2.26. The molecule has 0 saturated heterocycles. The lowest BCUT2D eigenvalue weighted by Gasteiger charge is -2.10. The molecular formula is C21H24N2O6. The molecule has 8 heteroatoms. The number of H-pyrrole nitrogens is 1. The van der Waals surface area contributed by atoms with Crippen LogP contribution < -0.4 is 10.1 Å². The second-order valence-electron chi connectivity index (χ2n) is 6.75. The Bertz CT molecular complexity index is 976. The van der Waals surface area contributed by atoms with Gasteiger partial charge in [0.05, 0.1) is 24.4 Å². The molecule has 1 aromatic heterocycles. The van der Waals surface area contributed by atoms with Gasteiger partial charge >= 0.3 is 5.97 Å². The SMILES string of the molecule is CCOC(=O)c1c(C)[nH]c(C=C2C(=O)Nc3ccc(OCC(O)CO)cc32)c1C. The minimum Gasteiger partial charge on any atom is -0.491 e. The molecule has 154 valence electrons. The molecule has 0 bridgehead atoms. The van der Waals surface area contributed by atoms with E-state index in [-0.39, 0.29) is 19.1 Å². The second-order valence-corrected chi connectivity index (χ2v) is 6.75. The van der Waals surface area contributed by atoms with E-state index in [1.165, 1.54) is 0 Å². The summed E-state index contributed by atoms with van der Waals surface area (Å²) in [6, 6.07) is 5.08. The molecule has 0 radical (unpaired) electrons. The van der Waals surface area contributed by atoms with E-state index in [0.29, 0.717) is 45.1 Å². The molecule has 1 atom stereocenters. The van der Waals surface area contributed by atoms with E-state index < -0.39 is 18.7 Å². The fourth-order valence-corrected chi connectivity index (χ4v) is 3.22. The Morgan fingerprint density at radius 3 is 2.76 bits per heavy atom. The lowest BCUT2D eigenvalue weighted by Crippen LogP contribution is -2.21. The Kier molecular flexibility index (Phi) is 6.05. The van der Waals surface area contributed by atoms with E-state index in [9.17, 15) is 14.7 Å². The number of ether oxygens (including phenoxy) is 2. The van der Waals surface area contributed by atoms with E-state index in [4.69, 9.17) is 14.6 Å². The van der Waals surface area contributed by atoms with E-state index in [1.807, 2.05) is 0 Å². The monoisotopic (exact) mass is 400 g/mol. The van der Waals surface area contributed by atoms with E-state index in [1.54, 1.807) is 45.0 Å². The molecule has 2 aromatic rings. The average Bonchev–Trinajstić information content (AvgIpc) is 3.15. The van der Waals surface area contributed by atoms with Gasteiger partial charge in [0, 0.05) is 22.6 Å². The third-order valence-corrected chi connectivity index (χ3v) is 4.67. The molecule has 1 aliphatic rings. The third kappa shape index (κ3) is 4.18. The van der Waals surface area contributed by atoms with E-state index >= 15 is 0 Å². The molecule has 3 rings (SSSR count). The Balaban J connectivity index is 1.95. The molecule has 0 aliphatic carbocycles. The van der Waals surface area contributed by atoms with Crippen molar-refractivity contribution in [3.8, 4) is 5.75 Å². The maximum atomic E-state index is 12.5. The smallest absolute Gasteiger partial charge is 0.340 e. The quantitative estimate of drug-likeness (QED) is 0.417. The van der Waals surface area contributed by atoms with Crippen LogP contribution in [0.4, 0.5) is 5.69 Å². The van der Waals surface area contributed by atoms with Crippen molar-refractivity contribution < 1.29 is 29.3 Å². The zero-order valence-electron chi connectivity index (χ0n) is 16.5. The van der Waals surface area contributed by atoms with Crippen LogP contribution in [0.3, 0.4) is 0 Å². The summed E-state index contributed by atoms with van der Waals surface area (Å²) in [5.74, 6) is -0.208. The number of anilines is 1. The number of hydrogen-bond donors (Lipinski definition) is 4. The van der Waals surface area contributed by atoms with Crippen molar-refractivity contribution in [3.63, 3.8) is 0 Å². The van der Waals surface area contributed by atoms with Crippen LogP contribution in [0.5, 0.6) is 5.75 Å². The molecule has 0 saturated carbocycles. The number of benzene rings is 1. The third-order valence-electron chi connectivity index (χ3n) is 4.67. The molecule has 4 N–H and O–H groups in total. The number of fused-ring (bicyclic) bond motifs is 1. The van der Waals surface area contributed by atoms with Gasteiger partial charge < -0.3 is 30.0 Å². The fourth-order valence-electron chi connectivity index (χ4n) is 3.22. The average molecular weight is 400 g/mol. The van der Waals surface area contributed by atoms with Crippen LogP contribution in [0, 0.1) is 13.8 Å². The number of carbonyl (C=O) groups excluding carboxylic acids is 2. The van der Waals surface area contributed by atoms with Crippen LogP contribution >= 0.6 is 0 Å². The van der Waals surface area contributed by atoms with Crippen LogP contribution in [0.25, 0.3) is 11.6 Å². The Labute approximate surface area is 168 Å². The van der Waals surface area contributed by atoms with Gasteiger partial charge in [-0.25, -0.2) is 4.79 Å². The zero-order valence-corrected chi connectivity index (χ0v) is 16.5. The number of aliphatic hydroxyl groups is 2. The van der Waals surface area contributed by atoms with Crippen molar-refractivity contribution in [2.45, 2.75) is 26.9 Å². The lowest BCUT2D eigenvalue weighted by atomic mass is 10.0. The number of amides is 1. The number of aromatic nitrogens is 1. The first-order chi connectivity index (χ1) is 13.8. The van der Waals surface area contributed by atoms with Gasteiger partial charge in [-0.1, -0.05) is 0 Å². The summed E-state index contributed by atoms with van der Waals surface area (Å²) in [6.45, 7) is 5.14. The minimum absolute atomic E-state index is 0.0620. The molecule has 1 unspecified atom stereocenters. The van der Waals surface area contributed by atoms with Gasteiger partial charge in [0.25, 0.3) is 5.91 Å². The van der Waals surface area contributed by atoms with E-state index in [0.717, 1.165) is 0 Å². The van der Waals surface area contributed by atoms with Crippen LogP contribution in [-0.4, -0.2) is 53.0 Å². The molecule has 29 heavy (non-hydrogen) atoms. The minimum atomic E-state index is -0.983. The molecule has 0 spiro atoms. The number of aryl methyl sites for hydroxylation is 1. The summed E-state index contributed by atoms with van der Waals surface area (Å²) < 4.78 is 10.6. The summed E-state index contributed by atoms with van der Waals surface area (Å²) in [5.41, 5.74) is 4.19. The largest absolute Gasteiger partial charge is 0.491 e. The number of esters is 1. The summed E-state index contributed by atoms with van der Waals surface area (Å²) in [5, 5.41) is 21.1. The summed E-state index contributed by atoms with van der Waals surface area (Å²) in [6.07, 6.45) is 0.710. The van der Waals surface area contributed by atoms with Gasteiger partial charge in [-0.15, -0.1) is 0 Å². The van der Waals surface area contributed by atoms with Gasteiger partial charge in [0.1, 0.15) is 18.5 Å². The molecule has 0 fully saturated rings. The first-order valence-electron chi connectivity index (χ1n) is 9.31. The molecule has 1 amide bonds. The number of aromatic amines is 1. The number of aliphatic hydroxyl groups excluding tert-OH is 2. The molecule has 1 aliphatic heterocycles. The number of hydrogen-bond acceptors (Lipinski definition) is 6. The number of nitrogens with one attached hydrogen (secondary N) is 2. The number of rotatable bonds is 7. The highest BCUT2D eigenvalue weighted by atomic mass is 16.5. The van der Waals surface area contributed by atoms with Crippen LogP contribution in [0.15, 0.2) is 18.2 Å². The summed E-state index contributed by atoms with van der Waals surface area (Å²) in [7, 11) is 0. The van der Waals surface area contributed by atoms with Gasteiger partial charge in [-0.05, 0) is 50.6 Å². The summed E-state index contributed by atoms with van der Waals surface area (Å²) >= 11 is 0. The van der Waals surface area contributed by atoms with Gasteiger partial charge in [0.2, 0.25) is 0 Å². The van der Waals surface area contributed by atoms with Crippen LogP contribution in [0.2, 0.25) is 0 Å². The standard InChI is InChI=1S/C21H24N2O6/c1-4-28-21(27)19-11(2)18(22-12(19)3)8-16-15-7-14(29-10-13(25)9-24)5-6-17(15)23-20(16)26/h5-8,13,22,24-25H,4,9-10H2,1-3H3,(H,23,26). The molecule has 8 nitrogen and oxygen atoms in total. The highest BCUT2D eigenvalue weighted by molar-refractivity contribution is 6.35.